The largest absolute Gasteiger partial charge is 0.469 e. The molecule has 0 saturated carbocycles. The number of fused-ring (bicyclic) bond motifs is 2. The Balaban J connectivity index is 0.000000595. The quantitative estimate of drug-likeness (QED) is 0.477. The van der Waals surface area contributed by atoms with E-state index in [1.54, 1.807) is 0 Å². The molecule has 130 valence electrons. The van der Waals surface area contributed by atoms with Crippen molar-refractivity contribution < 1.29 is 9.53 Å². The fourth-order valence-corrected chi connectivity index (χ4v) is 3.29. The number of carbonyl (C=O) groups excluding carboxylic acids is 1. The molecule has 23 heavy (non-hydrogen) atoms. The Morgan fingerprint density at radius 2 is 1.48 bits per heavy atom. The van der Waals surface area contributed by atoms with Crippen LogP contribution in [0.2, 0.25) is 0 Å². The monoisotopic (exact) mass is 451 g/mol. The van der Waals surface area contributed by atoms with Crippen LogP contribution in [0.4, 0.5) is 0 Å². The van der Waals surface area contributed by atoms with Crippen molar-refractivity contribution in [2.75, 3.05) is 34.3 Å². The van der Waals surface area contributed by atoms with E-state index in [-0.39, 0.29) is 11.9 Å². The van der Waals surface area contributed by atoms with Crippen molar-refractivity contribution in [1.82, 2.24) is 23.0 Å². The summed E-state index contributed by atoms with van der Waals surface area (Å²) in [7, 11) is 5.64. The first-order valence-corrected chi connectivity index (χ1v) is 8.96. The summed E-state index contributed by atoms with van der Waals surface area (Å²) in [5.74, 6) is -0.257. The average Bonchev–Trinajstić information content (AvgIpc) is 3.01. The number of nitrogens with zero attached hydrogens (tertiary/aromatic N) is 4. The van der Waals surface area contributed by atoms with E-state index in [1.165, 1.54) is 7.11 Å². The van der Waals surface area contributed by atoms with E-state index in [0.29, 0.717) is 25.4 Å². The summed E-state index contributed by atoms with van der Waals surface area (Å²) in [6.07, 6.45) is 9.95. The first-order chi connectivity index (χ1) is 11.0. The first-order valence-electron chi connectivity index (χ1n) is 7.38. The molecule has 3 aliphatic heterocycles. The van der Waals surface area contributed by atoms with Crippen molar-refractivity contribution in [2.45, 2.75) is 18.8 Å². The molecule has 0 aromatic rings. The molecule has 1 fully saturated rings. The molecule has 0 aromatic heterocycles. The maximum atomic E-state index is 12.0. The van der Waals surface area contributed by atoms with E-state index in [4.69, 9.17) is 4.74 Å². The van der Waals surface area contributed by atoms with Crippen molar-refractivity contribution in [3.63, 3.8) is 0 Å². The highest BCUT2D eigenvalue weighted by Crippen LogP contribution is 2.29. The number of rotatable bonds is 1. The lowest BCUT2D eigenvalue weighted by Gasteiger charge is -2.42. The van der Waals surface area contributed by atoms with E-state index < -0.39 is 0 Å². The third-order valence-electron chi connectivity index (χ3n) is 4.51. The molecule has 1 saturated heterocycles. The van der Waals surface area contributed by atoms with Crippen molar-refractivity contribution in [3.8, 4) is 0 Å². The van der Waals surface area contributed by atoms with E-state index in [1.807, 2.05) is 0 Å². The molecule has 3 atom stereocenters. The summed E-state index contributed by atoms with van der Waals surface area (Å²) >= 11 is 5.62. The van der Waals surface area contributed by atoms with E-state index in [9.17, 15) is 4.79 Å². The van der Waals surface area contributed by atoms with Crippen molar-refractivity contribution >= 4 is 38.3 Å². The Kier molecular flexibility index (Phi) is 6.60. The number of esters is 1. The van der Waals surface area contributed by atoms with Gasteiger partial charge in [-0.3, -0.25) is 4.79 Å². The number of ether oxygens (including phenoxy) is 1. The van der Waals surface area contributed by atoms with Gasteiger partial charge in [-0.2, -0.15) is 3.37 Å². The van der Waals surface area contributed by atoms with Crippen LogP contribution in [0.1, 0.15) is 6.42 Å². The van der Waals surface area contributed by atoms with Gasteiger partial charge in [-0.1, -0.05) is 0 Å². The first kappa shape index (κ1) is 18.4. The van der Waals surface area contributed by atoms with Crippen LogP contribution in [0, 0.1) is 5.92 Å². The van der Waals surface area contributed by atoms with Crippen LogP contribution in [0.15, 0.2) is 24.8 Å². The normalized spacial score (nSPS) is 28.7. The minimum atomic E-state index is -0.129. The number of carbonyl (C=O) groups is 1. The molecule has 0 radical (unpaired) electrons. The van der Waals surface area contributed by atoms with Gasteiger partial charge in [-0.25, -0.2) is 0 Å². The van der Waals surface area contributed by atoms with Gasteiger partial charge in [-0.05, 0) is 0 Å². The van der Waals surface area contributed by atoms with Gasteiger partial charge in [0.15, 0.2) is 0 Å². The van der Waals surface area contributed by atoms with Gasteiger partial charge in [0.25, 0.3) is 0 Å². The zero-order valence-electron chi connectivity index (χ0n) is 13.5. The Bertz CT molecular complexity index is 444. The highest BCUT2D eigenvalue weighted by atomic mass is 79.9. The minimum absolute atomic E-state index is 0.127. The fourth-order valence-electron chi connectivity index (χ4n) is 3.29. The van der Waals surface area contributed by atoms with Gasteiger partial charge < -0.3 is 24.3 Å². The predicted molar refractivity (Wildman–Crippen MR) is 95.9 cm³/mol. The van der Waals surface area contributed by atoms with Crippen molar-refractivity contribution in [1.29, 1.82) is 0 Å². The number of halogens is 2. The molecule has 0 amide bonds. The van der Waals surface area contributed by atoms with Gasteiger partial charge in [0.05, 0.1) is 13.0 Å². The standard InChI is InChI=1S/C14H22N4O2.Br2HN/c1-15-4-6-17-9-11(14(19)20-3)10-18-7-5-16(2)13(18)8-12(15)17;1-3-2/h4-7,11-13H,8-10H2,1-3H3;3H/t11?,12-,13+;. The van der Waals surface area contributed by atoms with E-state index in [2.05, 4.69) is 94.2 Å². The topological polar surface area (TPSA) is 51.3 Å². The Hall–Kier alpha value is -0.930. The second kappa shape index (κ2) is 8.25. The number of methoxy groups -OCH3 is 1. The number of nitrogens with one attached hydrogen (secondary N) is 1. The van der Waals surface area contributed by atoms with Gasteiger partial charge in [0.2, 0.25) is 0 Å². The molecular weight excluding hydrogens is 430 g/mol. The van der Waals surface area contributed by atoms with E-state index in [0.717, 1.165) is 6.42 Å². The molecule has 3 heterocycles. The van der Waals surface area contributed by atoms with Crippen molar-refractivity contribution in [3.05, 3.63) is 24.8 Å². The minimum Gasteiger partial charge on any atom is -0.469 e. The summed E-state index contributed by atoms with van der Waals surface area (Å²) in [6.45, 7) is 1.41. The predicted octanol–water partition coefficient (Wildman–Crippen LogP) is 1.46. The lowest BCUT2D eigenvalue weighted by molar-refractivity contribution is -0.147. The maximum Gasteiger partial charge on any atom is 0.312 e. The van der Waals surface area contributed by atoms with Crippen LogP contribution in [-0.4, -0.2) is 72.2 Å². The molecular formula is C14H23Br2N5O2. The molecule has 0 aromatic carbocycles. The molecule has 1 unspecified atom stereocenters. The highest BCUT2D eigenvalue weighted by molar-refractivity contribution is 9.21. The fraction of sp³-hybridized carbons (Fsp3) is 0.643. The van der Waals surface area contributed by atoms with Gasteiger partial charge in [-0.15, -0.1) is 0 Å². The molecule has 3 rings (SSSR count). The van der Waals surface area contributed by atoms with Gasteiger partial charge in [0, 0.05) is 90.7 Å². The highest BCUT2D eigenvalue weighted by Gasteiger charge is 2.39. The molecule has 3 aliphatic rings. The Morgan fingerprint density at radius 3 is 1.87 bits per heavy atom. The van der Waals surface area contributed by atoms with E-state index >= 15 is 0 Å². The number of hydrogen-bond acceptors (Lipinski definition) is 7. The van der Waals surface area contributed by atoms with Crippen LogP contribution in [-0.2, 0) is 9.53 Å². The van der Waals surface area contributed by atoms with Crippen LogP contribution in [0.5, 0.6) is 0 Å². The van der Waals surface area contributed by atoms with Crippen LogP contribution < -0.4 is 3.37 Å². The van der Waals surface area contributed by atoms with Gasteiger partial charge in [0.1, 0.15) is 12.3 Å². The molecule has 0 aliphatic carbocycles. The molecule has 1 N–H and O–H groups in total. The lowest BCUT2D eigenvalue weighted by atomic mass is 10.0. The molecule has 7 nitrogen and oxygen atoms in total. The summed E-state index contributed by atoms with van der Waals surface area (Å²) in [5, 5.41) is 0. The van der Waals surface area contributed by atoms with Crippen molar-refractivity contribution in [2.24, 2.45) is 5.92 Å². The molecule has 0 bridgehead atoms. The SMILES string of the molecule is BrNBr.COC(=O)C1CN2C=CN(C)[C@H]2C[C@H]2N(C)C=CN2C1. The Morgan fingerprint density at radius 1 is 1.04 bits per heavy atom. The summed E-state index contributed by atoms with van der Waals surface area (Å²) in [5.41, 5.74) is 0. The molecule has 0 spiro atoms. The second-order valence-corrected chi connectivity index (χ2v) is 7.67. The lowest BCUT2D eigenvalue weighted by Crippen LogP contribution is -2.53. The third kappa shape index (κ3) is 4.13. The summed E-state index contributed by atoms with van der Waals surface area (Å²) in [6, 6.07) is 0. The van der Waals surface area contributed by atoms with Crippen LogP contribution in [0.3, 0.4) is 0 Å². The smallest absolute Gasteiger partial charge is 0.312 e. The van der Waals surface area contributed by atoms with Gasteiger partial charge >= 0.3 is 5.97 Å². The zero-order valence-corrected chi connectivity index (χ0v) is 16.7. The summed E-state index contributed by atoms with van der Waals surface area (Å²) in [4.78, 5) is 21.0. The van der Waals surface area contributed by atoms with Crippen LogP contribution in [0.25, 0.3) is 0 Å². The Labute approximate surface area is 154 Å². The average molecular weight is 453 g/mol. The summed E-state index contributed by atoms with van der Waals surface area (Å²) < 4.78 is 7.34. The third-order valence-corrected chi connectivity index (χ3v) is 4.51. The second-order valence-electron chi connectivity index (χ2n) is 5.81. The zero-order chi connectivity index (χ0) is 17.0. The van der Waals surface area contributed by atoms with Crippen LogP contribution >= 0.6 is 32.3 Å². The number of hydrogen-bond donors (Lipinski definition) is 1. The maximum absolute atomic E-state index is 12.0. The molecule has 9 heteroatoms.